The van der Waals surface area contributed by atoms with E-state index in [1.165, 1.54) is 0 Å². The van der Waals surface area contributed by atoms with Gasteiger partial charge in [0, 0.05) is 37.4 Å². The Hall–Kier alpha value is -5.18. The summed E-state index contributed by atoms with van der Waals surface area (Å²) < 4.78 is 27.0. The van der Waals surface area contributed by atoms with Crippen LogP contribution in [0.2, 0.25) is 0 Å². The van der Waals surface area contributed by atoms with Gasteiger partial charge in [-0.05, 0) is 41.5 Å². The average Bonchev–Trinajstić information content (AvgIpc) is 3.11. The number of carbonyl (C=O) groups is 1. The largest absolute Gasteiger partial charge is 0.497 e. The summed E-state index contributed by atoms with van der Waals surface area (Å²) in [4.78, 5) is 26.2. The van der Waals surface area contributed by atoms with E-state index >= 15 is 0 Å². The molecule has 1 amide bonds. The van der Waals surface area contributed by atoms with Gasteiger partial charge in [0.1, 0.15) is 5.75 Å². The van der Waals surface area contributed by atoms with E-state index in [9.17, 15) is 4.79 Å². The highest BCUT2D eigenvalue weighted by Gasteiger charge is 2.12. The first-order chi connectivity index (χ1) is 23.5. The molecule has 0 saturated heterocycles. The SMILES string of the molecule is COc1ccc(CNc2nc(NCc3cccc(OC)c3OC)nc(Nc3ccc(CC(=O)NCCOCCOCCN)cc3)n2)cc1. The molecule has 0 atom stereocenters. The van der Waals surface area contributed by atoms with Crippen LogP contribution in [-0.2, 0) is 33.8 Å². The van der Waals surface area contributed by atoms with Crippen molar-refractivity contribution in [1.29, 1.82) is 0 Å². The molecule has 256 valence electrons. The Balaban J connectivity index is 1.38. The predicted octanol–water partition coefficient (Wildman–Crippen LogP) is 3.52. The number of para-hydroxylation sites is 1. The number of carbonyl (C=O) groups excluding carboxylic acids is 1. The summed E-state index contributed by atoms with van der Waals surface area (Å²) in [5.74, 6) is 3.02. The number of nitrogens with two attached hydrogens (primary N) is 1. The Morgan fingerprint density at radius 3 is 2.04 bits per heavy atom. The molecule has 4 aromatic rings. The third-order valence-corrected chi connectivity index (χ3v) is 6.94. The highest BCUT2D eigenvalue weighted by atomic mass is 16.5. The van der Waals surface area contributed by atoms with Crippen LogP contribution in [0.4, 0.5) is 23.5 Å². The molecule has 4 rings (SSSR count). The first-order valence-electron chi connectivity index (χ1n) is 15.6. The second kappa shape index (κ2) is 19.5. The number of aromatic nitrogens is 3. The van der Waals surface area contributed by atoms with E-state index in [0.29, 0.717) is 82.0 Å². The van der Waals surface area contributed by atoms with E-state index in [-0.39, 0.29) is 12.3 Å². The van der Waals surface area contributed by atoms with Crippen LogP contribution < -0.4 is 41.2 Å². The van der Waals surface area contributed by atoms with Gasteiger partial charge in [-0.2, -0.15) is 15.0 Å². The topological polar surface area (TPSA) is 176 Å². The van der Waals surface area contributed by atoms with Gasteiger partial charge in [0.05, 0.1) is 54.2 Å². The number of nitrogens with one attached hydrogen (secondary N) is 4. The minimum absolute atomic E-state index is 0.0906. The van der Waals surface area contributed by atoms with E-state index in [2.05, 4.69) is 36.2 Å². The summed E-state index contributed by atoms with van der Waals surface area (Å²) in [6.45, 7) is 3.63. The van der Waals surface area contributed by atoms with Gasteiger partial charge in [0.25, 0.3) is 0 Å². The monoisotopic (exact) mass is 660 g/mol. The second-order valence-electron chi connectivity index (χ2n) is 10.4. The normalized spacial score (nSPS) is 10.7. The van der Waals surface area contributed by atoms with Gasteiger partial charge in [0.15, 0.2) is 11.5 Å². The molecule has 0 aliphatic rings. The molecular weight excluding hydrogens is 616 g/mol. The van der Waals surface area contributed by atoms with E-state index in [1.54, 1.807) is 21.3 Å². The van der Waals surface area contributed by atoms with Crippen molar-refractivity contribution in [3.63, 3.8) is 0 Å². The number of benzene rings is 3. The molecule has 48 heavy (non-hydrogen) atoms. The molecule has 1 heterocycles. The molecule has 0 spiro atoms. The zero-order chi connectivity index (χ0) is 34.0. The molecule has 6 N–H and O–H groups in total. The smallest absolute Gasteiger partial charge is 0.233 e. The molecule has 0 saturated carbocycles. The zero-order valence-corrected chi connectivity index (χ0v) is 27.6. The van der Waals surface area contributed by atoms with Gasteiger partial charge in [-0.25, -0.2) is 0 Å². The minimum atomic E-state index is -0.0906. The second-order valence-corrected chi connectivity index (χ2v) is 10.4. The fraction of sp³-hybridized carbons (Fsp3) is 0.353. The zero-order valence-electron chi connectivity index (χ0n) is 27.6. The highest BCUT2D eigenvalue weighted by Crippen LogP contribution is 2.31. The number of rotatable bonds is 21. The van der Waals surface area contributed by atoms with Crippen LogP contribution in [0.1, 0.15) is 16.7 Å². The Bertz CT molecular complexity index is 1560. The maximum atomic E-state index is 12.4. The summed E-state index contributed by atoms with van der Waals surface area (Å²) in [7, 11) is 4.84. The van der Waals surface area contributed by atoms with Crippen LogP contribution in [0.5, 0.6) is 17.2 Å². The number of nitrogens with zero attached hydrogens (tertiary/aromatic N) is 3. The van der Waals surface area contributed by atoms with Crippen LogP contribution in [0, 0.1) is 0 Å². The third-order valence-electron chi connectivity index (χ3n) is 6.94. The molecule has 0 aliphatic heterocycles. The molecule has 0 fully saturated rings. The first-order valence-corrected chi connectivity index (χ1v) is 15.6. The maximum Gasteiger partial charge on any atom is 0.233 e. The molecular formula is C34H44N8O6. The van der Waals surface area contributed by atoms with Crippen LogP contribution in [0.15, 0.2) is 66.7 Å². The summed E-state index contributed by atoms with van der Waals surface area (Å²) >= 11 is 0. The quantitative estimate of drug-likeness (QED) is 0.0822. The number of hydrogen-bond acceptors (Lipinski definition) is 13. The van der Waals surface area contributed by atoms with E-state index in [0.717, 1.165) is 28.1 Å². The molecule has 3 aromatic carbocycles. The van der Waals surface area contributed by atoms with Crippen LogP contribution >= 0.6 is 0 Å². The first kappa shape index (κ1) is 35.7. The van der Waals surface area contributed by atoms with Gasteiger partial charge in [-0.3, -0.25) is 4.79 Å². The Morgan fingerprint density at radius 1 is 0.708 bits per heavy atom. The number of anilines is 4. The fourth-order valence-corrected chi connectivity index (χ4v) is 4.53. The van der Waals surface area contributed by atoms with Crippen molar-refractivity contribution in [1.82, 2.24) is 20.3 Å². The van der Waals surface area contributed by atoms with Crippen molar-refractivity contribution in [2.24, 2.45) is 5.73 Å². The van der Waals surface area contributed by atoms with Crippen molar-refractivity contribution >= 4 is 29.4 Å². The van der Waals surface area contributed by atoms with Crippen molar-refractivity contribution in [3.8, 4) is 17.2 Å². The van der Waals surface area contributed by atoms with Crippen LogP contribution in [-0.4, -0.2) is 81.7 Å². The molecule has 14 heteroatoms. The number of ether oxygens (including phenoxy) is 5. The van der Waals surface area contributed by atoms with Gasteiger partial charge < -0.3 is 50.7 Å². The molecule has 0 radical (unpaired) electrons. The Labute approximate surface area is 280 Å². The summed E-state index contributed by atoms with van der Waals surface area (Å²) in [5.41, 5.74) is 8.89. The lowest BCUT2D eigenvalue weighted by atomic mass is 10.1. The fourth-order valence-electron chi connectivity index (χ4n) is 4.53. The lowest BCUT2D eigenvalue weighted by molar-refractivity contribution is -0.120. The van der Waals surface area contributed by atoms with E-state index in [4.69, 9.17) is 29.4 Å². The predicted molar refractivity (Wildman–Crippen MR) is 184 cm³/mol. The molecule has 1 aromatic heterocycles. The van der Waals surface area contributed by atoms with Crippen molar-refractivity contribution < 1.29 is 28.5 Å². The molecule has 0 bridgehead atoms. The maximum absolute atomic E-state index is 12.4. The Morgan fingerprint density at radius 2 is 1.38 bits per heavy atom. The highest BCUT2D eigenvalue weighted by molar-refractivity contribution is 5.78. The third kappa shape index (κ3) is 11.6. The number of hydrogen-bond donors (Lipinski definition) is 5. The number of methoxy groups -OCH3 is 3. The van der Waals surface area contributed by atoms with Gasteiger partial charge in [-0.15, -0.1) is 0 Å². The Kier molecular flexibility index (Phi) is 14.5. The van der Waals surface area contributed by atoms with Crippen LogP contribution in [0.25, 0.3) is 0 Å². The van der Waals surface area contributed by atoms with Crippen molar-refractivity contribution in [2.75, 3.05) is 76.8 Å². The van der Waals surface area contributed by atoms with Gasteiger partial charge in [-0.1, -0.05) is 36.4 Å². The van der Waals surface area contributed by atoms with E-state index in [1.807, 2.05) is 66.7 Å². The molecule has 0 unspecified atom stereocenters. The van der Waals surface area contributed by atoms with E-state index < -0.39 is 0 Å². The van der Waals surface area contributed by atoms with Gasteiger partial charge in [0.2, 0.25) is 23.8 Å². The van der Waals surface area contributed by atoms with Crippen molar-refractivity contribution in [3.05, 3.63) is 83.4 Å². The minimum Gasteiger partial charge on any atom is -0.497 e. The van der Waals surface area contributed by atoms with Crippen LogP contribution in [0.3, 0.4) is 0 Å². The molecule has 14 nitrogen and oxygen atoms in total. The van der Waals surface area contributed by atoms with Crippen molar-refractivity contribution in [2.45, 2.75) is 19.5 Å². The summed E-state index contributed by atoms with van der Waals surface area (Å²) in [6, 6.07) is 20.9. The van der Waals surface area contributed by atoms with Gasteiger partial charge >= 0.3 is 0 Å². The molecule has 0 aliphatic carbocycles. The summed E-state index contributed by atoms with van der Waals surface area (Å²) in [5, 5.41) is 12.7. The summed E-state index contributed by atoms with van der Waals surface area (Å²) in [6.07, 6.45) is 0.243. The average molecular weight is 661 g/mol. The lowest BCUT2D eigenvalue weighted by Crippen LogP contribution is -2.29. The lowest BCUT2D eigenvalue weighted by Gasteiger charge is -2.14. The number of amides is 1. The standard InChI is InChI=1S/C34H44N8O6/c1-44-28-13-9-25(10-14-28)22-37-32-40-33(38-23-26-5-4-6-29(45-2)31(26)46-3)42-34(41-32)39-27-11-7-24(8-12-27)21-30(43)36-16-18-48-20-19-47-17-15-35/h4-14H,15-23,35H2,1-3H3,(H,36,43)(H3,37,38,39,40,41,42).